The maximum absolute atomic E-state index is 9.27. The first kappa shape index (κ1) is 18.8. The van der Waals surface area contributed by atoms with Crippen molar-refractivity contribution in [2.24, 2.45) is 0 Å². The summed E-state index contributed by atoms with van der Waals surface area (Å²) in [7, 11) is 0. The Morgan fingerprint density at radius 2 is 1.39 bits per heavy atom. The molecule has 6 rings (SSSR count). The molecule has 4 nitrogen and oxygen atoms in total. The van der Waals surface area contributed by atoms with Gasteiger partial charge in [0.25, 0.3) is 0 Å². The van der Waals surface area contributed by atoms with Crippen molar-refractivity contribution in [1.82, 2.24) is 5.16 Å². The van der Waals surface area contributed by atoms with Crippen LogP contribution < -0.4 is 0 Å². The summed E-state index contributed by atoms with van der Waals surface area (Å²) >= 11 is 0. The van der Waals surface area contributed by atoms with Gasteiger partial charge in [0.1, 0.15) is 23.4 Å². The third kappa shape index (κ3) is 2.86. The second-order valence-electron chi connectivity index (χ2n) is 7.89. The van der Waals surface area contributed by atoms with Crippen molar-refractivity contribution in [3.05, 3.63) is 96.3 Å². The van der Waals surface area contributed by atoms with Crippen LogP contribution in [0.1, 0.15) is 5.76 Å². The molecule has 0 aliphatic rings. The van der Waals surface area contributed by atoms with Crippen LogP contribution in [0.15, 0.2) is 95.0 Å². The molecule has 1 aromatic heterocycles. The Bertz CT molecular complexity index is 1750. The first-order valence-corrected chi connectivity index (χ1v) is 10.5. The second kappa shape index (κ2) is 7.34. The lowest BCUT2D eigenvalue weighted by molar-refractivity contribution is 0.415. The van der Waals surface area contributed by atoms with Gasteiger partial charge < -0.3 is 4.52 Å². The number of hydrogen-bond acceptors (Lipinski definition) is 4. The van der Waals surface area contributed by atoms with E-state index in [0.717, 1.165) is 22.1 Å². The summed E-state index contributed by atoms with van der Waals surface area (Å²) in [6.45, 7) is 0. The first-order valence-electron chi connectivity index (χ1n) is 10.5. The van der Waals surface area contributed by atoms with E-state index in [1.807, 2.05) is 42.5 Å². The van der Waals surface area contributed by atoms with Crippen LogP contribution in [0.25, 0.3) is 60.8 Å². The van der Waals surface area contributed by atoms with Crippen molar-refractivity contribution in [1.29, 1.82) is 10.5 Å². The Morgan fingerprint density at radius 1 is 0.727 bits per heavy atom. The molecule has 152 valence electrons. The Kier molecular flexibility index (Phi) is 4.18. The smallest absolute Gasteiger partial charge is 0.170 e. The van der Waals surface area contributed by atoms with Gasteiger partial charge in [-0.3, -0.25) is 0 Å². The fourth-order valence-electron chi connectivity index (χ4n) is 4.63. The molecule has 0 saturated carbocycles. The van der Waals surface area contributed by atoms with Crippen LogP contribution in [0.4, 0.5) is 0 Å². The third-order valence-corrected chi connectivity index (χ3v) is 6.08. The van der Waals surface area contributed by atoms with E-state index in [-0.39, 0.29) is 5.57 Å². The molecule has 0 spiro atoms. The molecule has 0 aliphatic heterocycles. The van der Waals surface area contributed by atoms with Crippen molar-refractivity contribution < 1.29 is 4.52 Å². The Balaban J connectivity index is 1.70. The molecule has 5 aromatic carbocycles. The van der Waals surface area contributed by atoms with Crippen molar-refractivity contribution in [2.45, 2.75) is 0 Å². The van der Waals surface area contributed by atoms with Crippen LogP contribution >= 0.6 is 0 Å². The van der Waals surface area contributed by atoms with E-state index in [1.54, 1.807) is 0 Å². The summed E-state index contributed by atoms with van der Waals surface area (Å²) < 4.78 is 5.70. The predicted octanol–water partition coefficient (Wildman–Crippen LogP) is 7.34. The largest absolute Gasteiger partial charge is 0.356 e. The number of benzene rings is 5. The molecule has 0 unspecified atom stereocenters. The summed E-state index contributed by atoms with van der Waals surface area (Å²) in [6, 6.07) is 32.7. The zero-order chi connectivity index (χ0) is 22.4. The van der Waals surface area contributed by atoms with Gasteiger partial charge in [0.05, 0.1) is 5.56 Å². The van der Waals surface area contributed by atoms with Gasteiger partial charge in [-0.2, -0.15) is 10.5 Å². The van der Waals surface area contributed by atoms with Gasteiger partial charge in [-0.15, -0.1) is 0 Å². The highest BCUT2D eigenvalue weighted by Gasteiger charge is 2.21. The van der Waals surface area contributed by atoms with E-state index in [9.17, 15) is 10.5 Å². The molecule has 4 heteroatoms. The van der Waals surface area contributed by atoms with E-state index < -0.39 is 0 Å². The van der Waals surface area contributed by atoms with Gasteiger partial charge in [-0.25, -0.2) is 0 Å². The van der Waals surface area contributed by atoms with Crippen LogP contribution in [-0.4, -0.2) is 5.16 Å². The van der Waals surface area contributed by atoms with E-state index in [4.69, 9.17) is 4.52 Å². The summed E-state index contributed by atoms with van der Waals surface area (Å²) in [5, 5.41) is 30.0. The molecule has 0 aliphatic carbocycles. The highest BCUT2D eigenvalue weighted by Crippen LogP contribution is 2.42. The van der Waals surface area contributed by atoms with E-state index in [2.05, 4.69) is 59.8 Å². The SMILES string of the molecule is N#CC(C#N)=Cc1onc(-c2ccc3ccc4cccc5ccc2c3c45)c1-c1ccccc1. The number of rotatable bonds is 3. The molecule has 0 fully saturated rings. The lowest BCUT2D eigenvalue weighted by Gasteiger charge is -2.13. The molecular formula is C29H15N3O. The minimum Gasteiger partial charge on any atom is -0.356 e. The van der Waals surface area contributed by atoms with Gasteiger partial charge in [-0.05, 0) is 37.9 Å². The molecule has 0 bridgehead atoms. The fraction of sp³-hybridized carbons (Fsp3) is 0. The van der Waals surface area contributed by atoms with Crippen LogP contribution in [0.3, 0.4) is 0 Å². The normalized spacial score (nSPS) is 11.0. The number of nitriles is 2. The number of hydrogen-bond donors (Lipinski definition) is 0. The Labute approximate surface area is 189 Å². The zero-order valence-corrected chi connectivity index (χ0v) is 17.4. The molecule has 33 heavy (non-hydrogen) atoms. The molecule has 0 saturated heterocycles. The van der Waals surface area contributed by atoms with Crippen molar-refractivity contribution >= 4 is 38.4 Å². The van der Waals surface area contributed by atoms with Crippen LogP contribution in [0.2, 0.25) is 0 Å². The van der Waals surface area contributed by atoms with Crippen molar-refractivity contribution in [3.63, 3.8) is 0 Å². The van der Waals surface area contributed by atoms with Gasteiger partial charge in [-0.1, -0.05) is 90.1 Å². The van der Waals surface area contributed by atoms with Crippen LogP contribution in [0.5, 0.6) is 0 Å². The summed E-state index contributed by atoms with van der Waals surface area (Å²) in [5.41, 5.74) is 3.25. The zero-order valence-electron chi connectivity index (χ0n) is 17.4. The van der Waals surface area contributed by atoms with Crippen molar-refractivity contribution in [2.75, 3.05) is 0 Å². The minimum atomic E-state index is -0.0368. The molecule has 6 aromatic rings. The molecule has 0 N–H and O–H groups in total. The van der Waals surface area contributed by atoms with Gasteiger partial charge in [0.15, 0.2) is 5.76 Å². The van der Waals surface area contributed by atoms with Crippen LogP contribution in [-0.2, 0) is 0 Å². The van der Waals surface area contributed by atoms with Crippen LogP contribution in [0, 0.1) is 22.7 Å². The second-order valence-corrected chi connectivity index (χ2v) is 7.89. The van der Waals surface area contributed by atoms with Gasteiger partial charge in [0, 0.05) is 11.6 Å². The van der Waals surface area contributed by atoms with Gasteiger partial charge >= 0.3 is 0 Å². The third-order valence-electron chi connectivity index (χ3n) is 6.08. The average Bonchev–Trinajstić information content (AvgIpc) is 3.29. The lowest BCUT2D eigenvalue weighted by Crippen LogP contribution is -1.89. The molecule has 0 amide bonds. The maximum atomic E-state index is 9.27. The topological polar surface area (TPSA) is 73.6 Å². The van der Waals surface area contributed by atoms with Crippen molar-refractivity contribution in [3.8, 4) is 34.5 Å². The lowest BCUT2D eigenvalue weighted by atomic mass is 9.89. The first-order chi connectivity index (χ1) is 16.3. The Hall–Kier alpha value is -4.93. The standard InChI is InChI=1S/C29H15N3O/c30-16-18(17-31)15-25-28(19-5-2-1-3-6-19)29(32-33-25)24-14-12-22-10-9-20-7-4-8-21-11-13-23(24)27(22)26(20)21/h1-15H. The maximum Gasteiger partial charge on any atom is 0.170 e. The quantitative estimate of drug-likeness (QED) is 0.221. The highest BCUT2D eigenvalue weighted by atomic mass is 16.5. The monoisotopic (exact) mass is 421 g/mol. The summed E-state index contributed by atoms with van der Waals surface area (Å²) in [4.78, 5) is 0. The fourth-order valence-corrected chi connectivity index (χ4v) is 4.63. The molecule has 0 atom stereocenters. The summed E-state index contributed by atoms with van der Waals surface area (Å²) in [6.07, 6.45) is 1.45. The van der Waals surface area contributed by atoms with Gasteiger partial charge in [0.2, 0.25) is 0 Å². The number of nitrogens with zero attached hydrogens (tertiary/aromatic N) is 3. The number of allylic oxidation sites excluding steroid dienone is 1. The highest BCUT2D eigenvalue weighted by molar-refractivity contribution is 6.25. The van der Waals surface area contributed by atoms with E-state index in [1.165, 1.54) is 33.0 Å². The molecule has 1 heterocycles. The predicted molar refractivity (Wildman–Crippen MR) is 130 cm³/mol. The minimum absolute atomic E-state index is 0.0368. The summed E-state index contributed by atoms with van der Waals surface area (Å²) in [5.74, 6) is 0.389. The van der Waals surface area contributed by atoms with E-state index >= 15 is 0 Å². The molecular weight excluding hydrogens is 406 g/mol. The average molecular weight is 421 g/mol. The number of aromatic nitrogens is 1. The molecule has 0 radical (unpaired) electrons. The Morgan fingerprint density at radius 3 is 2.12 bits per heavy atom. The van der Waals surface area contributed by atoms with E-state index in [0.29, 0.717) is 11.5 Å².